The third-order valence-electron chi connectivity index (χ3n) is 1.54. The van der Waals surface area contributed by atoms with Crippen molar-refractivity contribution in [2.24, 2.45) is 5.73 Å². The van der Waals surface area contributed by atoms with E-state index in [0.717, 1.165) is 17.6 Å². The van der Waals surface area contributed by atoms with E-state index in [0.29, 0.717) is 0 Å². The van der Waals surface area contributed by atoms with Crippen molar-refractivity contribution in [2.75, 3.05) is 0 Å². The molecule has 0 saturated carbocycles. The molecule has 0 radical (unpaired) electrons. The molecule has 0 saturated heterocycles. The molecule has 0 aliphatic carbocycles. The maximum atomic E-state index is 11.8. The van der Waals surface area contributed by atoms with Crippen molar-refractivity contribution in [2.45, 2.75) is 6.30 Å². The lowest BCUT2D eigenvalue weighted by Gasteiger charge is -2.09. The summed E-state index contributed by atoms with van der Waals surface area (Å²) in [4.78, 5) is 25.3. The summed E-state index contributed by atoms with van der Waals surface area (Å²) in [6.07, 6.45) is -3.80. The van der Waals surface area contributed by atoms with E-state index in [9.17, 15) is 22.8 Å². The molecule has 2 amide bonds. The fraction of sp³-hybridized carbons (Fsp3) is 0.125. The third-order valence-corrected chi connectivity index (χ3v) is 1.54. The molecule has 0 atom stereocenters. The molecular formula is C8H6F3N3O2. The van der Waals surface area contributed by atoms with Crippen LogP contribution in [0.2, 0.25) is 0 Å². The van der Waals surface area contributed by atoms with Crippen LogP contribution in [0.15, 0.2) is 18.3 Å². The highest BCUT2D eigenvalue weighted by molar-refractivity contribution is 6.05. The van der Waals surface area contributed by atoms with Gasteiger partial charge >= 0.3 is 6.30 Å². The Morgan fingerprint density at radius 2 is 2.00 bits per heavy atom. The smallest absolute Gasteiger partial charge is 0.366 e. The first-order valence-electron chi connectivity index (χ1n) is 3.95. The molecule has 5 nitrogen and oxygen atoms in total. The number of nitrogens with zero attached hydrogens (tertiary/aromatic N) is 1. The maximum Gasteiger partial charge on any atom is 0.484 e. The van der Waals surface area contributed by atoms with Crippen molar-refractivity contribution >= 4 is 11.8 Å². The summed E-state index contributed by atoms with van der Waals surface area (Å²) in [5.41, 5.74) is 3.84. The van der Waals surface area contributed by atoms with Crippen molar-refractivity contribution in [3.8, 4) is 0 Å². The second-order valence-electron chi connectivity index (χ2n) is 2.72. The van der Waals surface area contributed by atoms with Gasteiger partial charge in [0.1, 0.15) is 5.69 Å². The fourth-order valence-corrected chi connectivity index (χ4v) is 0.973. The van der Waals surface area contributed by atoms with E-state index in [1.54, 1.807) is 0 Å². The lowest BCUT2D eigenvalue weighted by molar-refractivity contribution is -0.146. The zero-order chi connectivity index (χ0) is 12.3. The summed E-state index contributed by atoms with van der Waals surface area (Å²) >= 11 is 0. The van der Waals surface area contributed by atoms with Crippen LogP contribution in [0.1, 0.15) is 20.8 Å². The number of primary amides is 1. The number of carbonyl (C=O) groups excluding carboxylic acids is 2. The van der Waals surface area contributed by atoms with Gasteiger partial charge in [-0.1, -0.05) is 0 Å². The van der Waals surface area contributed by atoms with Gasteiger partial charge in [-0.25, -0.2) is 0 Å². The SMILES string of the molecule is NC(=O)c1cccnc1C(=O)NC(F)(F)F. The lowest BCUT2D eigenvalue weighted by Crippen LogP contribution is -2.38. The van der Waals surface area contributed by atoms with E-state index in [-0.39, 0.29) is 5.56 Å². The van der Waals surface area contributed by atoms with Gasteiger partial charge in [-0.05, 0) is 12.1 Å². The molecule has 0 aliphatic heterocycles. The van der Waals surface area contributed by atoms with Crippen molar-refractivity contribution in [3.05, 3.63) is 29.6 Å². The van der Waals surface area contributed by atoms with Gasteiger partial charge in [0, 0.05) is 6.20 Å². The molecule has 1 heterocycles. The molecule has 0 fully saturated rings. The molecule has 0 spiro atoms. The van der Waals surface area contributed by atoms with Crippen LogP contribution in [-0.2, 0) is 0 Å². The number of hydrogen-bond donors (Lipinski definition) is 2. The number of alkyl halides is 3. The quantitative estimate of drug-likeness (QED) is 0.726. The Labute approximate surface area is 87.5 Å². The van der Waals surface area contributed by atoms with E-state index >= 15 is 0 Å². The summed E-state index contributed by atoms with van der Waals surface area (Å²) in [5, 5.41) is 0.721. The highest BCUT2D eigenvalue weighted by Gasteiger charge is 2.32. The third kappa shape index (κ3) is 2.94. The molecule has 3 N–H and O–H groups in total. The van der Waals surface area contributed by atoms with Crippen molar-refractivity contribution in [3.63, 3.8) is 0 Å². The normalized spacial score (nSPS) is 10.9. The van der Waals surface area contributed by atoms with Crippen LogP contribution in [0.5, 0.6) is 0 Å². The Morgan fingerprint density at radius 1 is 1.38 bits per heavy atom. The number of hydrogen-bond acceptors (Lipinski definition) is 3. The van der Waals surface area contributed by atoms with Crippen molar-refractivity contribution < 1.29 is 22.8 Å². The Morgan fingerprint density at radius 3 is 2.50 bits per heavy atom. The molecule has 1 rings (SSSR count). The van der Waals surface area contributed by atoms with Gasteiger partial charge in [-0.3, -0.25) is 19.9 Å². The van der Waals surface area contributed by atoms with Crippen LogP contribution in [0.4, 0.5) is 13.2 Å². The molecule has 0 bridgehead atoms. The summed E-state index contributed by atoms with van der Waals surface area (Å²) < 4.78 is 35.5. The predicted octanol–water partition coefficient (Wildman–Crippen LogP) is 0.430. The summed E-state index contributed by atoms with van der Waals surface area (Å²) in [7, 11) is 0. The topological polar surface area (TPSA) is 85.1 Å². The monoisotopic (exact) mass is 233 g/mol. The molecule has 8 heteroatoms. The van der Waals surface area contributed by atoms with Crippen LogP contribution in [0.3, 0.4) is 0 Å². The number of carbonyl (C=O) groups is 2. The Bertz CT molecular complexity index is 431. The first-order valence-corrected chi connectivity index (χ1v) is 3.95. The minimum atomic E-state index is -4.89. The first-order chi connectivity index (χ1) is 7.31. The van der Waals surface area contributed by atoms with Gasteiger partial charge in [0.2, 0.25) is 0 Å². The number of aromatic nitrogens is 1. The highest BCUT2D eigenvalue weighted by atomic mass is 19.4. The Balaban J connectivity index is 3.04. The number of halogens is 3. The molecule has 86 valence electrons. The van der Waals surface area contributed by atoms with Crippen LogP contribution in [0.25, 0.3) is 0 Å². The fourth-order valence-electron chi connectivity index (χ4n) is 0.973. The lowest BCUT2D eigenvalue weighted by atomic mass is 10.2. The predicted molar refractivity (Wildman–Crippen MR) is 46.3 cm³/mol. The van der Waals surface area contributed by atoms with Crippen LogP contribution in [0, 0.1) is 0 Å². The van der Waals surface area contributed by atoms with Crippen molar-refractivity contribution in [1.82, 2.24) is 10.3 Å². The van der Waals surface area contributed by atoms with E-state index < -0.39 is 23.8 Å². The van der Waals surface area contributed by atoms with E-state index in [2.05, 4.69) is 4.98 Å². The second-order valence-corrected chi connectivity index (χ2v) is 2.72. The average molecular weight is 233 g/mol. The Hall–Kier alpha value is -2.12. The second kappa shape index (κ2) is 4.17. The average Bonchev–Trinajstić information content (AvgIpc) is 2.15. The van der Waals surface area contributed by atoms with Gasteiger partial charge in [0.25, 0.3) is 11.8 Å². The number of rotatable bonds is 2. The van der Waals surface area contributed by atoms with E-state index in [1.807, 2.05) is 0 Å². The minimum Gasteiger partial charge on any atom is -0.366 e. The molecule has 0 aromatic carbocycles. The van der Waals surface area contributed by atoms with Gasteiger partial charge in [-0.2, -0.15) is 13.2 Å². The zero-order valence-electron chi connectivity index (χ0n) is 7.71. The summed E-state index contributed by atoms with van der Waals surface area (Å²) in [6, 6.07) is 2.39. The molecule has 16 heavy (non-hydrogen) atoms. The number of pyridine rings is 1. The van der Waals surface area contributed by atoms with Crippen molar-refractivity contribution in [1.29, 1.82) is 0 Å². The number of nitrogens with one attached hydrogen (secondary N) is 1. The van der Waals surface area contributed by atoms with Gasteiger partial charge < -0.3 is 5.73 Å². The van der Waals surface area contributed by atoms with Gasteiger partial charge in [0.05, 0.1) is 5.56 Å². The highest BCUT2D eigenvalue weighted by Crippen LogP contribution is 2.12. The number of nitrogens with two attached hydrogens (primary N) is 1. The summed E-state index contributed by atoms with van der Waals surface area (Å²) in [6.45, 7) is 0. The standard InChI is InChI=1S/C8H6F3N3O2/c9-8(10,11)14-7(16)5-4(6(12)15)2-1-3-13-5/h1-3H,(H2,12,15)(H,14,16). The largest absolute Gasteiger partial charge is 0.484 e. The first kappa shape index (κ1) is 12.0. The van der Waals surface area contributed by atoms with Crippen LogP contribution >= 0.6 is 0 Å². The molecule has 1 aromatic rings. The van der Waals surface area contributed by atoms with E-state index in [1.165, 1.54) is 6.07 Å². The van der Waals surface area contributed by atoms with E-state index in [4.69, 9.17) is 5.73 Å². The molecule has 1 aromatic heterocycles. The minimum absolute atomic E-state index is 0.371. The van der Waals surface area contributed by atoms with Crippen LogP contribution < -0.4 is 11.1 Å². The van der Waals surface area contributed by atoms with Crippen LogP contribution in [-0.4, -0.2) is 23.1 Å². The Kier molecular flexibility index (Phi) is 3.11. The molecule has 0 unspecified atom stereocenters. The zero-order valence-corrected chi connectivity index (χ0v) is 7.71. The molecular weight excluding hydrogens is 227 g/mol. The van der Waals surface area contributed by atoms with Gasteiger partial charge in [-0.15, -0.1) is 0 Å². The maximum absolute atomic E-state index is 11.8. The van der Waals surface area contributed by atoms with Gasteiger partial charge in [0.15, 0.2) is 0 Å². The summed E-state index contributed by atoms with van der Waals surface area (Å²) in [5.74, 6) is -2.55. The molecule has 0 aliphatic rings. The number of amides is 2.